The van der Waals surface area contributed by atoms with E-state index in [0.29, 0.717) is 5.02 Å². The molecule has 0 aliphatic carbocycles. The molecule has 0 aromatic heterocycles. The second-order valence-corrected chi connectivity index (χ2v) is 5.97. The van der Waals surface area contributed by atoms with Gasteiger partial charge in [-0.1, -0.05) is 42.8 Å². The summed E-state index contributed by atoms with van der Waals surface area (Å²) in [4.78, 5) is 11.7. The third-order valence-corrected chi connectivity index (χ3v) is 4.45. The van der Waals surface area contributed by atoms with Crippen LogP contribution in [0.4, 0.5) is 5.69 Å². The van der Waals surface area contributed by atoms with E-state index in [-0.39, 0.29) is 0 Å². The van der Waals surface area contributed by atoms with Crippen molar-refractivity contribution in [3.8, 4) is 0 Å². The first-order valence-electron chi connectivity index (χ1n) is 6.61. The van der Waals surface area contributed by atoms with Gasteiger partial charge in [-0.05, 0) is 51.7 Å². The summed E-state index contributed by atoms with van der Waals surface area (Å²) in [5, 5.41) is 3.75. The molecule has 2 aromatic rings. The Balaban J connectivity index is 2.26. The highest BCUT2D eigenvalue weighted by Gasteiger charge is 2.17. The number of primary amides is 1. The zero-order chi connectivity index (χ0) is 15.4. The van der Waals surface area contributed by atoms with Crippen LogP contribution in [0.5, 0.6) is 0 Å². The van der Waals surface area contributed by atoms with Gasteiger partial charge in [0, 0.05) is 10.2 Å². The predicted molar refractivity (Wildman–Crippen MR) is 90.5 cm³/mol. The first-order valence-corrected chi connectivity index (χ1v) is 7.78. The van der Waals surface area contributed by atoms with Gasteiger partial charge in [-0.15, -0.1) is 0 Å². The van der Waals surface area contributed by atoms with Crippen molar-refractivity contribution < 1.29 is 4.79 Å². The van der Waals surface area contributed by atoms with E-state index in [0.717, 1.165) is 22.1 Å². The van der Waals surface area contributed by atoms with Crippen LogP contribution in [0.25, 0.3) is 0 Å². The number of hydrogen-bond acceptors (Lipinski definition) is 2. The Hall–Kier alpha value is -1.52. The van der Waals surface area contributed by atoms with Crippen LogP contribution >= 0.6 is 27.5 Å². The minimum Gasteiger partial charge on any atom is -0.370 e. The Morgan fingerprint density at radius 3 is 2.48 bits per heavy atom. The van der Waals surface area contributed by atoms with Crippen LogP contribution in [0, 0.1) is 0 Å². The van der Waals surface area contributed by atoms with E-state index in [2.05, 4.69) is 28.2 Å². The van der Waals surface area contributed by atoms with Crippen LogP contribution in [0.1, 0.15) is 24.1 Å². The van der Waals surface area contributed by atoms with E-state index < -0.39 is 11.9 Å². The second-order valence-electron chi connectivity index (χ2n) is 4.70. The molecule has 0 saturated heterocycles. The summed E-state index contributed by atoms with van der Waals surface area (Å²) in [6.07, 6.45) is 0.957. The molecule has 0 aliphatic rings. The van der Waals surface area contributed by atoms with Gasteiger partial charge in [0.2, 0.25) is 5.91 Å². The van der Waals surface area contributed by atoms with Crippen molar-refractivity contribution in [3.05, 3.63) is 63.1 Å². The molecular weight excluding hydrogens is 352 g/mol. The maximum atomic E-state index is 11.7. The average Bonchev–Trinajstić information content (AvgIpc) is 2.48. The highest BCUT2D eigenvalue weighted by atomic mass is 79.9. The van der Waals surface area contributed by atoms with E-state index in [1.54, 1.807) is 6.07 Å². The van der Waals surface area contributed by atoms with Gasteiger partial charge in [0.25, 0.3) is 0 Å². The summed E-state index contributed by atoms with van der Waals surface area (Å²) in [6.45, 7) is 2.09. The zero-order valence-electron chi connectivity index (χ0n) is 11.6. The zero-order valence-corrected chi connectivity index (χ0v) is 13.9. The SMILES string of the molecule is CCc1ccc(C(Nc2ccc(Cl)c(Br)c2)C(N)=O)cc1. The molecule has 110 valence electrons. The van der Waals surface area contributed by atoms with Crippen molar-refractivity contribution in [2.75, 3.05) is 5.32 Å². The first-order chi connectivity index (χ1) is 10.0. The lowest BCUT2D eigenvalue weighted by atomic mass is 10.0. The number of aryl methyl sites for hydroxylation is 1. The van der Waals surface area contributed by atoms with Crippen molar-refractivity contribution in [2.45, 2.75) is 19.4 Å². The standard InChI is InChI=1S/C16H16BrClN2O/c1-2-10-3-5-11(6-4-10)15(16(19)21)20-12-7-8-14(18)13(17)9-12/h3-9,15,20H,2H2,1H3,(H2,19,21). The lowest BCUT2D eigenvalue weighted by Crippen LogP contribution is -2.27. The Morgan fingerprint density at radius 1 is 1.29 bits per heavy atom. The Bertz CT molecular complexity index is 643. The van der Waals surface area contributed by atoms with Gasteiger partial charge in [0.1, 0.15) is 6.04 Å². The summed E-state index contributed by atoms with van der Waals surface area (Å²) in [5.74, 6) is -0.426. The molecule has 2 aromatic carbocycles. The van der Waals surface area contributed by atoms with Crippen molar-refractivity contribution >= 4 is 39.1 Å². The largest absolute Gasteiger partial charge is 0.370 e. The highest BCUT2D eigenvalue weighted by molar-refractivity contribution is 9.10. The molecule has 1 unspecified atom stereocenters. The van der Waals surface area contributed by atoms with E-state index in [9.17, 15) is 4.79 Å². The summed E-state index contributed by atoms with van der Waals surface area (Å²) < 4.78 is 0.763. The molecule has 0 saturated carbocycles. The number of carbonyl (C=O) groups is 1. The minimum atomic E-state index is -0.580. The van der Waals surface area contributed by atoms with Crippen molar-refractivity contribution in [1.82, 2.24) is 0 Å². The molecule has 5 heteroatoms. The van der Waals surface area contributed by atoms with Crippen LogP contribution in [0.3, 0.4) is 0 Å². The fraction of sp³-hybridized carbons (Fsp3) is 0.188. The van der Waals surface area contributed by atoms with Gasteiger partial charge in [0.05, 0.1) is 5.02 Å². The third kappa shape index (κ3) is 3.99. The summed E-state index contributed by atoms with van der Waals surface area (Å²) in [6, 6.07) is 12.7. The minimum absolute atomic E-state index is 0.426. The number of halogens is 2. The smallest absolute Gasteiger partial charge is 0.244 e. The van der Waals surface area contributed by atoms with E-state index in [1.165, 1.54) is 5.56 Å². The van der Waals surface area contributed by atoms with Gasteiger partial charge in [-0.25, -0.2) is 0 Å². The van der Waals surface area contributed by atoms with Gasteiger partial charge >= 0.3 is 0 Å². The van der Waals surface area contributed by atoms with Crippen LogP contribution in [-0.4, -0.2) is 5.91 Å². The Morgan fingerprint density at radius 2 is 1.95 bits per heavy atom. The lowest BCUT2D eigenvalue weighted by Gasteiger charge is -2.18. The Kier molecular flexibility index (Phi) is 5.26. The van der Waals surface area contributed by atoms with Crippen molar-refractivity contribution in [1.29, 1.82) is 0 Å². The fourth-order valence-corrected chi connectivity index (χ4v) is 2.51. The number of amides is 1. The number of benzene rings is 2. The number of anilines is 1. The normalized spacial score (nSPS) is 12.0. The van der Waals surface area contributed by atoms with E-state index in [1.807, 2.05) is 36.4 Å². The summed E-state index contributed by atoms with van der Waals surface area (Å²) >= 11 is 9.32. The topological polar surface area (TPSA) is 55.1 Å². The molecule has 0 spiro atoms. The molecule has 0 aliphatic heterocycles. The lowest BCUT2D eigenvalue weighted by molar-refractivity contribution is -0.118. The molecule has 1 atom stereocenters. The maximum Gasteiger partial charge on any atom is 0.244 e. The number of nitrogens with two attached hydrogens (primary N) is 1. The average molecular weight is 368 g/mol. The molecule has 3 N–H and O–H groups in total. The van der Waals surface area contributed by atoms with Crippen LogP contribution < -0.4 is 11.1 Å². The third-order valence-electron chi connectivity index (χ3n) is 3.24. The monoisotopic (exact) mass is 366 g/mol. The molecule has 0 fully saturated rings. The fourth-order valence-electron chi connectivity index (χ4n) is 2.02. The first kappa shape index (κ1) is 15.9. The van der Waals surface area contributed by atoms with Gasteiger partial charge in [-0.2, -0.15) is 0 Å². The van der Waals surface area contributed by atoms with E-state index in [4.69, 9.17) is 17.3 Å². The molecule has 0 heterocycles. The van der Waals surface area contributed by atoms with Crippen LogP contribution in [-0.2, 0) is 11.2 Å². The number of nitrogens with one attached hydrogen (secondary N) is 1. The number of rotatable bonds is 5. The van der Waals surface area contributed by atoms with Gasteiger partial charge < -0.3 is 11.1 Å². The van der Waals surface area contributed by atoms with Crippen molar-refractivity contribution in [2.24, 2.45) is 5.73 Å². The predicted octanol–water partition coefficient (Wildman–Crippen LogP) is 4.30. The number of carbonyl (C=O) groups excluding carboxylic acids is 1. The second kappa shape index (κ2) is 6.96. The maximum absolute atomic E-state index is 11.7. The quantitative estimate of drug-likeness (QED) is 0.827. The molecular formula is C16H16BrClN2O. The summed E-state index contributed by atoms with van der Waals surface area (Å²) in [7, 11) is 0. The van der Waals surface area contributed by atoms with Gasteiger partial charge in [-0.3, -0.25) is 4.79 Å². The molecule has 0 radical (unpaired) electrons. The van der Waals surface area contributed by atoms with Crippen molar-refractivity contribution in [3.63, 3.8) is 0 Å². The highest BCUT2D eigenvalue weighted by Crippen LogP contribution is 2.28. The van der Waals surface area contributed by atoms with E-state index >= 15 is 0 Å². The molecule has 3 nitrogen and oxygen atoms in total. The summed E-state index contributed by atoms with van der Waals surface area (Å²) in [5.41, 5.74) is 8.35. The number of hydrogen-bond donors (Lipinski definition) is 2. The molecule has 1 amide bonds. The molecule has 21 heavy (non-hydrogen) atoms. The molecule has 0 bridgehead atoms. The molecule has 2 rings (SSSR count). The van der Waals surface area contributed by atoms with Crippen LogP contribution in [0.15, 0.2) is 46.9 Å². The Labute approximate surface area is 137 Å². The van der Waals surface area contributed by atoms with Gasteiger partial charge in [0.15, 0.2) is 0 Å². The van der Waals surface area contributed by atoms with Crippen LogP contribution in [0.2, 0.25) is 5.02 Å².